The molecule has 98 valence electrons. The quantitative estimate of drug-likeness (QED) is 0.714. The van der Waals surface area contributed by atoms with Crippen molar-refractivity contribution in [2.75, 3.05) is 0 Å². The van der Waals surface area contributed by atoms with Gasteiger partial charge in [-0.2, -0.15) is 0 Å². The van der Waals surface area contributed by atoms with Crippen LogP contribution in [-0.2, 0) is 0 Å². The largest absolute Gasteiger partial charge is 0.217 e. The van der Waals surface area contributed by atoms with Crippen molar-refractivity contribution < 1.29 is 4.39 Å². The Balaban J connectivity index is 2.10. The minimum Gasteiger partial charge on any atom is -0.217 e. The summed E-state index contributed by atoms with van der Waals surface area (Å²) in [5.74, 6) is 0.380. The number of halogens is 2. The minimum atomic E-state index is -0.495. The van der Waals surface area contributed by atoms with E-state index in [-0.39, 0.29) is 5.02 Å². The van der Waals surface area contributed by atoms with Gasteiger partial charge in [0.2, 0.25) is 0 Å². The number of hydrogen-bond acceptors (Lipinski definition) is 3. The van der Waals surface area contributed by atoms with E-state index in [1.807, 2.05) is 30.3 Å². The van der Waals surface area contributed by atoms with Gasteiger partial charge in [-0.05, 0) is 12.1 Å². The molecule has 0 radical (unpaired) electrons. The number of nitrogens with zero attached hydrogens (tertiary/aromatic N) is 3. The molecule has 0 atom stereocenters. The first-order valence-electron chi connectivity index (χ1n) is 5.94. The van der Waals surface area contributed by atoms with Gasteiger partial charge >= 0.3 is 0 Å². The van der Waals surface area contributed by atoms with Crippen molar-refractivity contribution in [3.63, 3.8) is 0 Å². The van der Waals surface area contributed by atoms with Crippen molar-refractivity contribution in [2.24, 2.45) is 0 Å². The zero-order chi connectivity index (χ0) is 13.9. The summed E-state index contributed by atoms with van der Waals surface area (Å²) in [6.07, 6.45) is 1.39. The second kappa shape index (κ2) is 5.35. The summed E-state index contributed by atoms with van der Waals surface area (Å²) in [5.41, 5.74) is 1.31. The highest BCUT2D eigenvalue weighted by atomic mass is 35.5. The highest BCUT2D eigenvalue weighted by Gasteiger charge is 2.11. The van der Waals surface area contributed by atoms with Gasteiger partial charge in [-0.1, -0.05) is 48.0 Å². The van der Waals surface area contributed by atoms with Crippen LogP contribution in [0.25, 0.3) is 22.8 Å². The van der Waals surface area contributed by atoms with Crippen molar-refractivity contribution in [3.8, 4) is 22.8 Å². The summed E-state index contributed by atoms with van der Waals surface area (Å²) < 4.78 is 13.5. The first-order chi connectivity index (χ1) is 9.75. The van der Waals surface area contributed by atoms with Gasteiger partial charge < -0.3 is 0 Å². The fourth-order valence-electron chi connectivity index (χ4n) is 1.83. The van der Waals surface area contributed by atoms with Crippen LogP contribution in [0.3, 0.4) is 0 Å². The molecule has 0 saturated heterocycles. The van der Waals surface area contributed by atoms with Crippen molar-refractivity contribution in [1.29, 1.82) is 0 Å². The molecule has 0 aliphatic rings. The highest BCUT2D eigenvalue weighted by Crippen LogP contribution is 2.28. The van der Waals surface area contributed by atoms with Crippen molar-refractivity contribution in [3.05, 3.63) is 65.7 Å². The normalized spacial score (nSPS) is 10.5. The average molecular weight is 286 g/mol. The molecule has 3 rings (SSSR count). The van der Waals surface area contributed by atoms with Gasteiger partial charge in [0.05, 0.1) is 5.02 Å². The van der Waals surface area contributed by atoms with Gasteiger partial charge in [0.15, 0.2) is 11.6 Å². The first-order valence-corrected chi connectivity index (χ1v) is 6.32. The molecule has 0 spiro atoms. The highest BCUT2D eigenvalue weighted by molar-refractivity contribution is 6.33. The lowest BCUT2D eigenvalue weighted by molar-refractivity contribution is 0.628. The Morgan fingerprint density at radius 1 is 0.850 bits per heavy atom. The fourth-order valence-corrected chi connectivity index (χ4v) is 2.04. The summed E-state index contributed by atoms with van der Waals surface area (Å²) in [7, 11) is 0. The van der Waals surface area contributed by atoms with E-state index in [2.05, 4.69) is 15.0 Å². The Hall–Kier alpha value is -2.33. The van der Waals surface area contributed by atoms with Crippen LogP contribution < -0.4 is 0 Å². The molecule has 0 saturated carbocycles. The number of rotatable bonds is 2. The van der Waals surface area contributed by atoms with Crippen LogP contribution in [0.2, 0.25) is 5.02 Å². The Morgan fingerprint density at radius 3 is 2.40 bits per heavy atom. The molecule has 0 N–H and O–H groups in total. The monoisotopic (exact) mass is 285 g/mol. The molecule has 0 aliphatic heterocycles. The second-order valence-corrected chi connectivity index (χ2v) is 4.48. The molecule has 3 nitrogen and oxygen atoms in total. The van der Waals surface area contributed by atoms with Crippen molar-refractivity contribution in [2.45, 2.75) is 0 Å². The summed E-state index contributed by atoms with van der Waals surface area (Å²) in [6.45, 7) is 0. The second-order valence-electron chi connectivity index (χ2n) is 4.10. The molecule has 0 amide bonds. The van der Waals surface area contributed by atoms with Crippen LogP contribution in [0, 0.1) is 5.82 Å². The van der Waals surface area contributed by atoms with Gasteiger partial charge in [0.25, 0.3) is 0 Å². The Labute approximate surface area is 120 Å². The lowest BCUT2D eigenvalue weighted by Crippen LogP contribution is -1.96. The molecule has 5 heteroatoms. The zero-order valence-electron chi connectivity index (χ0n) is 10.3. The Morgan fingerprint density at radius 2 is 1.60 bits per heavy atom. The third-order valence-corrected chi connectivity index (χ3v) is 3.18. The molecule has 1 heterocycles. The minimum absolute atomic E-state index is 0.0118. The summed E-state index contributed by atoms with van der Waals surface area (Å²) in [5, 5.41) is 0.0118. The van der Waals surface area contributed by atoms with Crippen molar-refractivity contribution >= 4 is 11.6 Å². The molecule has 0 unspecified atom stereocenters. The van der Waals surface area contributed by atoms with Crippen LogP contribution >= 0.6 is 11.6 Å². The third-order valence-electron chi connectivity index (χ3n) is 2.80. The van der Waals surface area contributed by atoms with E-state index >= 15 is 0 Å². The van der Waals surface area contributed by atoms with E-state index in [4.69, 9.17) is 11.6 Å². The fraction of sp³-hybridized carbons (Fsp3) is 0. The van der Waals surface area contributed by atoms with Gasteiger partial charge in [0.1, 0.15) is 12.1 Å². The molecule has 1 aromatic heterocycles. The van der Waals surface area contributed by atoms with Crippen LogP contribution in [-0.4, -0.2) is 15.0 Å². The molecule has 0 bridgehead atoms. The average Bonchev–Trinajstić information content (AvgIpc) is 2.51. The van der Waals surface area contributed by atoms with Gasteiger partial charge in [0, 0.05) is 11.1 Å². The molecule has 0 fully saturated rings. The topological polar surface area (TPSA) is 38.7 Å². The van der Waals surface area contributed by atoms with Crippen LogP contribution in [0.15, 0.2) is 54.9 Å². The van der Waals surface area contributed by atoms with E-state index in [9.17, 15) is 4.39 Å². The molecular weight excluding hydrogens is 277 g/mol. The summed E-state index contributed by atoms with van der Waals surface area (Å²) >= 11 is 5.95. The van der Waals surface area contributed by atoms with Gasteiger partial charge in [-0.3, -0.25) is 0 Å². The summed E-state index contributed by atoms with van der Waals surface area (Å²) in [4.78, 5) is 12.5. The lowest BCUT2D eigenvalue weighted by Gasteiger charge is -2.05. The maximum absolute atomic E-state index is 13.5. The predicted molar refractivity (Wildman–Crippen MR) is 75.7 cm³/mol. The predicted octanol–water partition coefficient (Wildman–Crippen LogP) is 4.00. The van der Waals surface area contributed by atoms with Crippen molar-refractivity contribution in [1.82, 2.24) is 15.0 Å². The Bertz CT molecular complexity index is 747. The zero-order valence-corrected chi connectivity index (χ0v) is 11.0. The van der Waals surface area contributed by atoms with Crippen LogP contribution in [0.5, 0.6) is 0 Å². The van der Waals surface area contributed by atoms with Crippen LogP contribution in [0.1, 0.15) is 0 Å². The molecule has 20 heavy (non-hydrogen) atoms. The van der Waals surface area contributed by atoms with E-state index < -0.39 is 5.82 Å². The molecule has 3 aromatic rings. The number of hydrogen-bond donors (Lipinski definition) is 0. The van der Waals surface area contributed by atoms with E-state index in [0.717, 1.165) is 5.56 Å². The van der Waals surface area contributed by atoms with E-state index in [1.54, 1.807) is 12.1 Å². The smallest absolute Gasteiger partial charge is 0.164 e. The van der Waals surface area contributed by atoms with Gasteiger partial charge in [-0.25, -0.2) is 19.3 Å². The lowest BCUT2D eigenvalue weighted by atomic mass is 10.2. The van der Waals surface area contributed by atoms with Crippen LogP contribution in [0.4, 0.5) is 4.39 Å². The standard InChI is InChI=1S/C15H9ClFN3/c16-13-11(7-4-8-12(13)17)15-19-9-18-14(20-15)10-5-2-1-3-6-10/h1-9H. The molecular formula is C15H9ClFN3. The van der Waals surface area contributed by atoms with Gasteiger partial charge in [-0.15, -0.1) is 0 Å². The molecule has 2 aromatic carbocycles. The SMILES string of the molecule is Fc1cccc(-c2ncnc(-c3ccccc3)n2)c1Cl. The number of benzene rings is 2. The van der Waals surface area contributed by atoms with E-state index in [0.29, 0.717) is 17.2 Å². The third kappa shape index (κ3) is 2.38. The maximum atomic E-state index is 13.5. The Kier molecular flexibility index (Phi) is 3.39. The maximum Gasteiger partial charge on any atom is 0.164 e. The molecule has 0 aliphatic carbocycles. The summed E-state index contributed by atoms with van der Waals surface area (Å²) in [6, 6.07) is 14.0. The van der Waals surface area contributed by atoms with E-state index in [1.165, 1.54) is 12.4 Å². The first kappa shape index (κ1) is 12.7. The number of aromatic nitrogens is 3.